The van der Waals surface area contributed by atoms with Gasteiger partial charge in [-0.15, -0.1) is 0 Å². The maximum Gasteiger partial charge on any atom is 0.311 e. The van der Waals surface area contributed by atoms with E-state index in [4.69, 9.17) is 9.47 Å². The van der Waals surface area contributed by atoms with Crippen LogP contribution in [0.3, 0.4) is 0 Å². The Morgan fingerprint density at radius 2 is 1.96 bits per heavy atom. The van der Waals surface area contributed by atoms with E-state index in [9.17, 15) is 14.9 Å². The van der Waals surface area contributed by atoms with Crippen molar-refractivity contribution in [1.29, 1.82) is 0 Å². The lowest BCUT2D eigenvalue weighted by Gasteiger charge is -2.17. The Kier molecular flexibility index (Phi) is 6.15. The van der Waals surface area contributed by atoms with Gasteiger partial charge in [-0.2, -0.15) is 0 Å². The number of carbonyl (C=O) groups is 1. The van der Waals surface area contributed by atoms with Gasteiger partial charge in [0.1, 0.15) is 0 Å². The number of aromatic nitrogens is 1. The summed E-state index contributed by atoms with van der Waals surface area (Å²) in [6.07, 6.45) is 0. The van der Waals surface area contributed by atoms with E-state index in [0.29, 0.717) is 12.2 Å². The molecule has 0 fully saturated rings. The molecule has 0 amide bonds. The molecule has 0 bridgehead atoms. The Balaban J connectivity index is 2.19. The van der Waals surface area contributed by atoms with Gasteiger partial charge >= 0.3 is 5.69 Å². The fourth-order valence-electron chi connectivity index (χ4n) is 3.17. The number of nitro benzene ring substituents is 1. The van der Waals surface area contributed by atoms with E-state index in [1.807, 2.05) is 31.4 Å². The van der Waals surface area contributed by atoms with Crippen LogP contribution in [0.5, 0.6) is 5.75 Å². The Morgan fingerprint density at radius 1 is 1.27 bits per heavy atom. The SMILES string of the molecule is COC[C@H](C)n1c(C)cc(C(=O)COc2ccc(C)cc2[N+](=O)[O-])c1C. The Hall–Kier alpha value is -2.67. The lowest BCUT2D eigenvalue weighted by atomic mass is 10.1. The summed E-state index contributed by atoms with van der Waals surface area (Å²) in [5, 5.41) is 11.2. The molecular weight excluding hydrogens is 336 g/mol. The highest BCUT2D eigenvalue weighted by Crippen LogP contribution is 2.28. The first-order valence-electron chi connectivity index (χ1n) is 8.34. The van der Waals surface area contributed by atoms with E-state index < -0.39 is 4.92 Å². The first-order chi connectivity index (χ1) is 12.3. The minimum Gasteiger partial charge on any atom is -0.478 e. The number of carbonyl (C=O) groups excluding carboxylic acids is 1. The molecule has 7 heteroatoms. The van der Waals surface area contributed by atoms with Gasteiger partial charge < -0.3 is 14.0 Å². The summed E-state index contributed by atoms with van der Waals surface area (Å²) < 4.78 is 12.7. The Bertz CT molecular complexity index is 826. The quantitative estimate of drug-likeness (QED) is 0.406. The first kappa shape index (κ1) is 19.7. The zero-order chi connectivity index (χ0) is 19.4. The van der Waals surface area contributed by atoms with Gasteiger partial charge in [-0.1, -0.05) is 6.07 Å². The lowest BCUT2D eigenvalue weighted by Crippen LogP contribution is -2.16. The number of ketones is 1. The summed E-state index contributed by atoms with van der Waals surface area (Å²) in [6.45, 7) is 7.87. The number of nitro groups is 1. The van der Waals surface area contributed by atoms with Crippen molar-refractivity contribution < 1.29 is 19.2 Å². The molecule has 1 aromatic carbocycles. The first-order valence-corrected chi connectivity index (χ1v) is 8.34. The van der Waals surface area contributed by atoms with Gasteiger partial charge in [-0.05, 0) is 45.4 Å². The average Bonchev–Trinajstić information content (AvgIpc) is 2.88. The summed E-state index contributed by atoms with van der Waals surface area (Å²) in [4.78, 5) is 23.2. The highest BCUT2D eigenvalue weighted by atomic mass is 16.6. The van der Waals surface area contributed by atoms with Crippen molar-refractivity contribution in [2.45, 2.75) is 33.7 Å². The van der Waals surface area contributed by atoms with E-state index >= 15 is 0 Å². The summed E-state index contributed by atoms with van der Waals surface area (Å²) in [6, 6.07) is 6.57. The highest BCUT2D eigenvalue weighted by Gasteiger charge is 2.21. The number of rotatable bonds is 8. The van der Waals surface area contributed by atoms with Gasteiger partial charge in [0.25, 0.3) is 0 Å². The molecule has 7 nitrogen and oxygen atoms in total. The summed E-state index contributed by atoms with van der Waals surface area (Å²) in [5.74, 6) is -0.126. The monoisotopic (exact) mass is 360 g/mol. The van der Waals surface area contributed by atoms with Crippen LogP contribution in [0.2, 0.25) is 0 Å². The van der Waals surface area contributed by atoms with Crippen molar-refractivity contribution in [3.8, 4) is 5.75 Å². The average molecular weight is 360 g/mol. The van der Waals surface area contributed by atoms with Crippen LogP contribution in [0.25, 0.3) is 0 Å². The third-order valence-electron chi connectivity index (χ3n) is 4.30. The van der Waals surface area contributed by atoms with Crippen LogP contribution in [-0.2, 0) is 4.74 Å². The van der Waals surface area contributed by atoms with Crippen molar-refractivity contribution in [3.05, 3.63) is 56.9 Å². The van der Waals surface area contributed by atoms with Gasteiger partial charge in [0.15, 0.2) is 12.4 Å². The molecule has 26 heavy (non-hydrogen) atoms. The van der Waals surface area contributed by atoms with Crippen LogP contribution in [0.15, 0.2) is 24.3 Å². The predicted octanol–water partition coefficient (Wildman–Crippen LogP) is 3.79. The molecule has 0 radical (unpaired) electrons. The standard InChI is InChI=1S/C19H24N2O5/c1-12-6-7-19(17(8-12)21(23)24)26-11-18(22)16-9-13(2)20(15(16)4)14(3)10-25-5/h6-9,14H,10-11H2,1-5H3/t14-/m0/s1. The molecule has 0 unspecified atom stereocenters. The number of benzene rings is 1. The van der Waals surface area contributed by atoms with Crippen molar-refractivity contribution in [1.82, 2.24) is 4.57 Å². The number of hydrogen-bond donors (Lipinski definition) is 0. The van der Waals surface area contributed by atoms with Crippen LogP contribution < -0.4 is 4.74 Å². The number of aryl methyl sites for hydroxylation is 2. The van der Waals surface area contributed by atoms with Crippen molar-refractivity contribution in [2.75, 3.05) is 20.3 Å². The number of methoxy groups -OCH3 is 1. The van der Waals surface area contributed by atoms with E-state index in [0.717, 1.165) is 17.0 Å². The second-order valence-electron chi connectivity index (χ2n) is 6.40. The Labute approximate surface area is 152 Å². The maximum atomic E-state index is 12.6. The lowest BCUT2D eigenvalue weighted by molar-refractivity contribution is -0.385. The smallest absolute Gasteiger partial charge is 0.311 e. The highest BCUT2D eigenvalue weighted by molar-refractivity contribution is 5.98. The summed E-state index contributed by atoms with van der Waals surface area (Å²) in [7, 11) is 1.64. The van der Waals surface area contributed by atoms with Gasteiger partial charge in [-0.3, -0.25) is 14.9 Å². The van der Waals surface area contributed by atoms with Crippen LogP contribution in [0.4, 0.5) is 5.69 Å². The van der Waals surface area contributed by atoms with Crippen LogP contribution >= 0.6 is 0 Å². The molecule has 140 valence electrons. The van der Waals surface area contributed by atoms with Crippen LogP contribution in [-0.4, -0.2) is 35.6 Å². The number of Topliss-reactive ketones (excluding diaryl/α,β-unsaturated/α-hetero) is 1. The van der Waals surface area contributed by atoms with Gasteiger partial charge in [0, 0.05) is 30.1 Å². The molecule has 0 aliphatic rings. The van der Waals surface area contributed by atoms with Gasteiger partial charge in [0.05, 0.1) is 17.6 Å². The second kappa shape index (κ2) is 8.14. The van der Waals surface area contributed by atoms with Gasteiger partial charge in [0.2, 0.25) is 5.78 Å². The van der Waals surface area contributed by atoms with Gasteiger partial charge in [-0.25, -0.2) is 0 Å². The van der Waals surface area contributed by atoms with E-state index in [1.54, 1.807) is 20.1 Å². The molecule has 0 saturated heterocycles. The molecular formula is C19H24N2O5. The fourth-order valence-corrected chi connectivity index (χ4v) is 3.17. The molecule has 1 atom stereocenters. The maximum absolute atomic E-state index is 12.6. The topological polar surface area (TPSA) is 83.6 Å². The molecule has 0 saturated carbocycles. The number of hydrogen-bond acceptors (Lipinski definition) is 5. The van der Waals surface area contributed by atoms with E-state index in [-0.39, 0.29) is 29.9 Å². The minimum absolute atomic E-state index is 0.0931. The van der Waals surface area contributed by atoms with Crippen LogP contribution in [0.1, 0.15) is 40.3 Å². The van der Waals surface area contributed by atoms with Crippen molar-refractivity contribution >= 4 is 11.5 Å². The molecule has 0 spiro atoms. The summed E-state index contributed by atoms with van der Waals surface area (Å²) in [5.41, 5.74) is 2.96. The molecule has 1 heterocycles. The molecule has 0 aliphatic carbocycles. The molecule has 1 aromatic heterocycles. The Morgan fingerprint density at radius 3 is 2.58 bits per heavy atom. The molecule has 0 aliphatic heterocycles. The zero-order valence-electron chi connectivity index (χ0n) is 15.7. The van der Waals surface area contributed by atoms with Crippen molar-refractivity contribution in [2.24, 2.45) is 0 Å². The normalized spacial score (nSPS) is 12.0. The van der Waals surface area contributed by atoms with E-state index in [2.05, 4.69) is 0 Å². The molecule has 0 N–H and O–H groups in total. The minimum atomic E-state index is -0.509. The number of nitrogens with zero attached hydrogens (tertiary/aromatic N) is 2. The van der Waals surface area contributed by atoms with Crippen molar-refractivity contribution in [3.63, 3.8) is 0 Å². The van der Waals surface area contributed by atoms with E-state index in [1.165, 1.54) is 12.1 Å². The second-order valence-corrected chi connectivity index (χ2v) is 6.40. The number of ether oxygens (including phenoxy) is 2. The predicted molar refractivity (Wildman–Crippen MR) is 98.2 cm³/mol. The molecule has 2 rings (SSSR count). The fraction of sp³-hybridized carbons (Fsp3) is 0.421. The van der Waals surface area contributed by atoms with Crippen LogP contribution in [0, 0.1) is 30.9 Å². The summed E-state index contributed by atoms with van der Waals surface area (Å²) >= 11 is 0. The molecule has 2 aromatic rings. The zero-order valence-corrected chi connectivity index (χ0v) is 15.7. The third kappa shape index (κ3) is 4.11. The third-order valence-corrected chi connectivity index (χ3v) is 4.30. The largest absolute Gasteiger partial charge is 0.478 e.